The molecule has 320 valence electrons. The molecule has 0 aliphatic rings. The van der Waals surface area contributed by atoms with Crippen LogP contribution in [0, 0.1) is 29.1 Å². The number of benzene rings is 4. The summed E-state index contributed by atoms with van der Waals surface area (Å²) in [6.07, 6.45) is 0. The van der Waals surface area contributed by atoms with Gasteiger partial charge in [-0.05, 0) is 127 Å². The van der Waals surface area contributed by atoms with Crippen molar-refractivity contribution in [2.75, 3.05) is 0 Å². The maximum absolute atomic E-state index is 12.6. The Labute approximate surface area is 348 Å². The average molecular weight is 901 g/mol. The average Bonchev–Trinajstić information content (AvgIpc) is 3.24. The van der Waals surface area contributed by atoms with E-state index < -0.39 is 69.1 Å². The Kier molecular flexibility index (Phi) is 18.1. The molecule has 4 rings (SSSR count). The lowest BCUT2D eigenvalue weighted by atomic mass is 10.3. The van der Waals surface area contributed by atoms with Crippen LogP contribution in [-0.2, 0) is 21.0 Å². The summed E-state index contributed by atoms with van der Waals surface area (Å²) in [6.45, 7) is 20.6. The van der Waals surface area contributed by atoms with Gasteiger partial charge in [-0.1, -0.05) is 62.3 Å². The fourth-order valence-electron chi connectivity index (χ4n) is 6.79. The second-order valence-corrected chi connectivity index (χ2v) is 31.5. The smallest absolute Gasteiger partial charge is 0.250 e. The second kappa shape index (κ2) is 21.4. The molecule has 0 fully saturated rings. The van der Waals surface area contributed by atoms with Gasteiger partial charge < -0.3 is 17.8 Å². The molecule has 4 aromatic rings. The summed E-state index contributed by atoms with van der Waals surface area (Å²) >= 11 is 0. The lowest BCUT2D eigenvalue weighted by Crippen LogP contribution is -2.39. The van der Waals surface area contributed by atoms with E-state index in [1.807, 2.05) is 0 Å². The molecular formula is C42H57F5O6S2Si3. The molecule has 16 heteroatoms. The van der Waals surface area contributed by atoms with Crippen molar-refractivity contribution in [3.63, 3.8) is 0 Å². The number of hydrogen-bond acceptors (Lipinski definition) is 6. The monoisotopic (exact) mass is 900 g/mol. The number of hydrogen-bond donors (Lipinski definition) is 0. The zero-order chi connectivity index (χ0) is 43.5. The maximum atomic E-state index is 12.6. The Hall–Kier alpha value is -3.16. The van der Waals surface area contributed by atoms with Crippen molar-refractivity contribution in [1.82, 2.24) is 0 Å². The highest BCUT2D eigenvalue weighted by molar-refractivity contribution is 7.97. The minimum atomic E-state index is -5.77. The van der Waals surface area contributed by atoms with Gasteiger partial charge in [-0.2, -0.15) is 0 Å². The molecule has 0 spiro atoms. The van der Waals surface area contributed by atoms with E-state index in [1.165, 1.54) is 14.7 Å². The first-order chi connectivity index (χ1) is 27.4. The first-order valence-electron chi connectivity index (χ1n) is 20.0. The zero-order valence-electron chi connectivity index (χ0n) is 34.9. The van der Waals surface area contributed by atoms with Crippen molar-refractivity contribution < 1.29 is 48.2 Å². The summed E-state index contributed by atoms with van der Waals surface area (Å²) < 4.78 is 113. The molecule has 0 saturated heterocycles. The third-order valence-corrected chi connectivity index (χ3v) is 28.1. The van der Waals surface area contributed by atoms with Crippen molar-refractivity contribution in [2.24, 2.45) is 0 Å². The highest BCUT2D eigenvalue weighted by Gasteiger charge is 2.35. The van der Waals surface area contributed by atoms with E-state index in [2.05, 4.69) is 135 Å². The third-order valence-electron chi connectivity index (χ3n) is 11.4. The van der Waals surface area contributed by atoms with Gasteiger partial charge in [0.2, 0.25) is 30.8 Å². The molecular weight excluding hydrogens is 844 g/mol. The van der Waals surface area contributed by atoms with Crippen molar-refractivity contribution in [3.05, 3.63) is 102 Å². The quantitative estimate of drug-likeness (QED) is 0.0233. The fourth-order valence-corrected chi connectivity index (χ4v) is 17.2. The highest BCUT2D eigenvalue weighted by Crippen LogP contribution is 2.37. The van der Waals surface area contributed by atoms with Crippen LogP contribution in [0.5, 0.6) is 17.2 Å². The van der Waals surface area contributed by atoms with Gasteiger partial charge in [0, 0.05) is 0 Å². The summed E-state index contributed by atoms with van der Waals surface area (Å²) in [6, 6.07) is 37.1. The van der Waals surface area contributed by atoms with Crippen LogP contribution in [0.3, 0.4) is 0 Å². The van der Waals surface area contributed by atoms with Gasteiger partial charge in [-0.3, -0.25) is 0 Å². The summed E-state index contributed by atoms with van der Waals surface area (Å²) in [7, 11) is -11.2. The molecule has 0 radical (unpaired) electrons. The van der Waals surface area contributed by atoms with Gasteiger partial charge in [0.1, 0.15) is 32.3 Å². The number of rotatable bonds is 19. The zero-order valence-corrected chi connectivity index (χ0v) is 39.6. The van der Waals surface area contributed by atoms with Crippen molar-refractivity contribution in [3.8, 4) is 17.2 Å². The van der Waals surface area contributed by atoms with Gasteiger partial charge in [-0.25, -0.2) is 30.4 Å². The van der Waals surface area contributed by atoms with Crippen LogP contribution in [0.1, 0.15) is 62.3 Å². The van der Waals surface area contributed by atoms with Crippen LogP contribution >= 0.6 is 0 Å². The van der Waals surface area contributed by atoms with E-state index >= 15 is 0 Å². The molecule has 0 saturated carbocycles. The second-order valence-electron chi connectivity index (χ2n) is 14.1. The van der Waals surface area contributed by atoms with Crippen LogP contribution in [0.4, 0.5) is 22.0 Å². The molecule has 4 aromatic carbocycles. The Bertz CT molecular complexity index is 1820. The predicted octanol–water partition coefficient (Wildman–Crippen LogP) is 13.2. The normalized spacial score (nSPS) is 12.3. The van der Waals surface area contributed by atoms with E-state index in [0.717, 1.165) is 71.6 Å². The van der Waals surface area contributed by atoms with E-state index in [9.17, 15) is 34.9 Å². The Morgan fingerprint density at radius 3 is 0.828 bits per heavy atom. The minimum absolute atomic E-state index is 0.258. The van der Waals surface area contributed by atoms with Crippen molar-refractivity contribution >= 4 is 46.0 Å². The molecule has 0 aliphatic carbocycles. The van der Waals surface area contributed by atoms with Gasteiger partial charge >= 0.3 is 0 Å². The Balaban J connectivity index is 0.000000502. The van der Waals surface area contributed by atoms with Crippen LogP contribution in [0.15, 0.2) is 92.4 Å². The molecule has 0 aliphatic heterocycles. The molecule has 58 heavy (non-hydrogen) atoms. The van der Waals surface area contributed by atoms with E-state index in [-0.39, 0.29) is 10.9 Å². The Morgan fingerprint density at radius 1 is 0.431 bits per heavy atom. The van der Waals surface area contributed by atoms with Crippen molar-refractivity contribution in [2.45, 2.75) is 136 Å². The molecule has 0 aromatic heterocycles. The minimum Gasteiger partial charge on any atom is -0.744 e. The molecule has 0 heterocycles. The fraction of sp³-hybridized carbons (Fsp3) is 0.429. The van der Waals surface area contributed by atoms with Gasteiger partial charge in [0.15, 0.2) is 38.0 Å². The summed E-state index contributed by atoms with van der Waals surface area (Å²) in [5.74, 6) is -9.79. The van der Waals surface area contributed by atoms with Crippen LogP contribution in [-0.4, -0.2) is 37.9 Å². The van der Waals surface area contributed by atoms with E-state index in [1.54, 1.807) is 0 Å². The first kappa shape index (κ1) is 49.2. The summed E-state index contributed by atoms with van der Waals surface area (Å²) in [4.78, 5) is 1.51. The molecule has 0 N–H and O–H groups in total. The van der Waals surface area contributed by atoms with Crippen LogP contribution in [0.25, 0.3) is 0 Å². The topological polar surface area (TPSA) is 84.9 Å². The molecule has 6 nitrogen and oxygen atoms in total. The predicted molar refractivity (Wildman–Crippen MR) is 229 cm³/mol. The SMILES string of the molecule is CC[Si](CC)(CC)Oc1ccc([S+](c2ccc(O[Si](CC)(CC)CC)cc2)c2ccc(O[Si](CC)(CC)CC)cc2)cc1.O=S(=O)([O-])c1c(F)c(F)c(F)c(F)c1F. The standard InChI is InChI=1S/C36H57O3SSi3.C6HF5O3S/c1-10-41(11-2,12-3)37-31-19-25-34(26-20-31)40(35-27-21-32(22-28-35)38-42(13-4,14-5)15-6)36-29-23-33(24-30-36)39-43(16-7,17-8)18-9;7-1-2(8)4(10)6(15(12,13)14)5(11)3(1)9/h19-30H,10-18H2,1-9H3;(H,12,13,14)/q+1;/p-1. The van der Waals surface area contributed by atoms with Gasteiger partial charge in [-0.15, -0.1) is 0 Å². The Morgan fingerprint density at radius 2 is 0.638 bits per heavy atom. The maximum Gasteiger partial charge on any atom is 0.250 e. The van der Waals surface area contributed by atoms with Crippen LogP contribution in [0.2, 0.25) is 54.4 Å². The lowest BCUT2D eigenvalue weighted by molar-refractivity contribution is 0.350. The summed E-state index contributed by atoms with van der Waals surface area (Å²) in [5.41, 5.74) is 0. The van der Waals surface area contributed by atoms with Gasteiger partial charge in [0.25, 0.3) is 0 Å². The van der Waals surface area contributed by atoms with E-state index in [0.29, 0.717) is 0 Å². The largest absolute Gasteiger partial charge is 0.744 e. The lowest BCUT2D eigenvalue weighted by Gasteiger charge is -2.29. The van der Waals surface area contributed by atoms with Crippen LogP contribution < -0.4 is 13.3 Å². The summed E-state index contributed by atoms with van der Waals surface area (Å²) in [5, 5.41) is 0. The molecule has 0 atom stereocenters. The first-order valence-corrected chi connectivity index (χ1v) is 30.2. The highest BCUT2D eigenvalue weighted by atomic mass is 32.2. The number of halogens is 5. The molecule has 0 bridgehead atoms. The van der Waals surface area contributed by atoms with E-state index in [4.69, 9.17) is 13.3 Å². The third kappa shape index (κ3) is 11.6. The molecule has 0 unspecified atom stereocenters. The van der Waals surface area contributed by atoms with Gasteiger partial charge in [0.05, 0.1) is 10.9 Å². The van der Waals surface area contributed by atoms with Crippen molar-refractivity contribution in [1.29, 1.82) is 0 Å². The molecule has 0 amide bonds.